The maximum Gasteiger partial charge on any atom is 0.219 e. The minimum absolute atomic E-state index is 0.131. The fourth-order valence-corrected chi connectivity index (χ4v) is 4.19. The van der Waals surface area contributed by atoms with Gasteiger partial charge in [0, 0.05) is 64.1 Å². The van der Waals surface area contributed by atoms with Crippen LogP contribution in [0.25, 0.3) is 0 Å². The highest BCUT2D eigenvalue weighted by Crippen LogP contribution is 2.27. The molecular weight excluding hydrogens is 345 g/mol. The number of hydrogen-bond donors (Lipinski definition) is 0. The molecule has 0 bridgehead atoms. The predicted molar refractivity (Wildman–Crippen MR) is 99.6 cm³/mol. The normalized spacial score (nSPS) is 21.0. The second-order valence-electron chi connectivity index (χ2n) is 7.55. The van der Waals surface area contributed by atoms with Crippen molar-refractivity contribution in [3.8, 4) is 0 Å². The Morgan fingerprint density at radius 2 is 2.04 bits per heavy atom. The van der Waals surface area contributed by atoms with Crippen LogP contribution in [-0.2, 0) is 24.3 Å². The fraction of sp³-hybridized carbons (Fsp3) is 0.550. The number of carbonyl (C=O) groups excluding carboxylic acids is 1. The molecule has 1 fully saturated rings. The Labute approximate surface area is 159 Å². The van der Waals surface area contributed by atoms with Crippen molar-refractivity contribution in [3.63, 3.8) is 0 Å². The molecule has 27 heavy (non-hydrogen) atoms. The summed E-state index contributed by atoms with van der Waals surface area (Å²) in [5.41, 5.74) is 0.736. The maximum absolute atomic E-state index is 14.0. The largest absolute Gasteiger partial charge is 0.342 e. The molecule has 1 atom stereocenters. The summed E-state index contributed by atoms with van der Waals surface area (Å²) >= 11 is 0. The van der Waals surface area contributed by atoms with Crippen LogP contribution in [0.3, 0.4) is 0 Å². The minimum Gasteiger partial charge on any atom is -0.342 e. The van der Waals surface area contributed by atoms with Gasteiger partial charge in [-0.1, -0.05) is 18.2 Å². The second-order valence-corrected chi connectivity index (χ2v) is 7.55. The average molecular weight is 371 g/mol. The highest BCUT2D eigenvalue weighted by atomic mass is 19.1. The maximum atomic E-state index is 14.0. The van der Waals surface area contributed by atoms with Gasteiger partial charge in [-0.3, -0.25) is 9.69 Å². The zero-order chi connectivity index (χ0) is 18.8. The van der Waals surface area contributed by atoms with Gasteiger partial charge in [-0.25, -0.2) is 4.39 Å². The van der Waals surface area contributed by atoms with Crippen molar-refractivity contribution in [2.45, 2.75) is 45.2 Å². The fourth-order valence-electron chi connectivity index (χ4n) is 4.19. The van der Waals surface area contributed by atoms with Gasteiger partial charge in [-0.05, 0) is 18.9 Å². The number of fused-ring (bicyclic) bond motifs is 1. The van der Waals surface area contributed by atoms with E-state index in [2.05, 4.69) is 19.7 Å². The van der Waals surface area contributed by atoms with Gasteiger partial charge in [-0.15, -0.1) is 10.2 Å². The van der Waals surface area contributed by atoms with Gasteiger partial charge in [0.15, 0.2) is 0 Å². The van der Waals surface area contributed by atoms with Crippen molar-refractivity contribution in [1.82, 2.24) is 24.6 Å². The number of carbonyl (C=O) groups is 1. The number of rotatable bonds is 3. The van der Waals surface area contributed by atoms with E-state index >= 15 is 0 Å². The number of amides is 1. The molecule has 6 nitrogen and oxygen atoms in total. The lowest BCUT2D eigenvalue weighted by Gasteiger charge is -2.31. The van der Waals surface area contributed by atoms with Crippen LogP contribution in [0, 0.1) is 5.82 Å². The number of hydrogen-bond acceptors (Lipinski definition) is 4. The van der Waals surface area contributed by atoms with Gasteiger partial charge >= 0.3 is 0 Å². The number of nitrogens with zero attached hydrogens (tertiary/aromatic N) is 5. The molecule has 0 radical (unpaired) electrons. The molecule has 4 rings (SSSR count). The summed E-state index contributed by atoms with van der Waals surface area (Å²) < 4.78 is 16.2. The Morgan fingerprint density at radius 1 is 1.19 bits per heavy atom. The Kier molecular flexibility index (Phi) is 5.20. The Morgan fingerprint density at radius 3 is 2.85 bits per heavy atom. The lowest BCUT2D eigenvalue weighted by Crippen LogP contribution is -2.38. The molecule has 0 spiro atoms. The smallest absolute Gasteiger partial charge is 0.219 e. The van der Waals surface area contributed by atoms with Crippen LogP contribution in [0.4, 0.5) is 4.39 Å². The van der Waals surface area contributed by atoms with Crippen molar-refractivity contribution in [2.75, 3.05) is 26.2 Å². The number of halogens is 1. The number of aromatic nitrogens is 3. The lowest BCUT2D eigenvalue weighted by atomic mass is 9.97. The first kappa shape index (κ1) is 18.1. The number of benzene rings is 1. The van der Waals surface area contributed by atoms with Crippen LogP contribution in [0.5, 0.6) is 0 Å². The summed E-state index contributed by atoms with van der Waals surface area (Å²) in [5.74, 6) is 2.24. The van der Waals surface area contributed by atoms with Gasteiger partial charge < -0.3 is 9.47 Å². The summed E-state index contributed by atoms with van der Waals surface area (Å²) in [6, 6.07) is 6.98. The standard InChI is InChI=1S/C20H26FN5O/c1-15(27)25-9-4-6-17(14-25)20-23-22-19-8-10-24(11-12-26(19)20)13-16-5-2-3-7-18(16)21/h2-3,5,7,17H,4,6,8-14H2,1H3/t17-/m1/s1. The van der Waals surface area contributed by atoms with Gasteiger partial charge in [0.2, 0.25) is 5.91 Å². The Hall–Kier alpha value is -2.28. The topological polar surface area (TPSA) is 54.3 Å². The molecule has 0 N–H and O–H groups in total. The van der Waals surface area contributed by atoms with Gasteiger partial charge in [-0.2, -0.15) is 0 Å². The number of likely N-dealkylation sites (tertiary alicyclic amines) is 1. The molecule has 0 unspecified atom stereocenters. The number of piperidine rings is 1. The quantitative estimate of drug-likeness (QED) is 0.830. The first-order chi connectivity index (χ1) is 13.1. The summed E-state index contributed by atoms with van der Waals surface area (Å²) in [6.07, 6.45) is 2.86. The molecule has 1 amide bonds. The molecule has 0 aliphatic carbocycles. The van der Waals surface area contributed by atoms with Crippen LogP contribution in [0.2, 0.25) is 0 Å². The Balaban J connectivity index is 1.46. The summed E-state index contributed by atoms with van der Waals surface area (Å²) in [6.45, 7) is 6.31. The van der Waals surface area contributed by atoms with E-state index < -0.39 is 0 Å². The lowest BCUT2D eigenvalue weighted by molar-refractivity contribution is -0.130. The van der Waals surface area contributed by atoms with Crippen molar-refractivity contribution >= 4 is 5.91 Å². The van der Waals surface area contributed by atoms with Gasteiger partial charge in [0.25, 0.3) is 0 Å². The van der Waals surface area contributed by atoms with Crippen LogP contribution >= 0.6 is 0 Å². The van der Waals surface area contributed by atoms with Crippen molar-refractivity contribution in [3.05, 3.63) is 47.3 Å². The summed E-state index contributed by atoms with van der Waals surface area (Å²) in [5, 5.41) is 8.91. The van der Waals surface area contributed by atoms with E-state index in [1.807, 2.05) is 17.0 Å². The second kappa shape index (κ2) is 7.76. The zero-order valence-corrected chi connectivity index (χ0v) is 15.8. The molecule has 1 aromatic heterocycles. The van der Waals surface area contributed by atoms with Crippen LogP contribution in [-0.4, -0.2) is 56.7 Å². The first-order valence-electron chi connectivity index (χ1n) is 9.75. The van der Waals surface area contributed by atoms with E-state index in [0.29, 0.717) is 6.54 Å². The average Bonchev–Trinajstić information content (AvgIpc) is 2.98. The molecule has 3 heterocycles. The van der Waals surface area contributed by atoms with Gasteiger partial charge in [0.1, 0.15) is 17.5 Å². The molecule has 2 aliphatic heterocycles. The van der Waals surface area contributed by atoms with E-state index in [0.717, 1.165) is 69.2 Å². The molecule has 7 heteroatoms. The summed E-state index contributed by atoms with van der Waals surface area (Å²) in [4.78, 5) is 15.9. The van der Waals surface area contributed by atoms with E-state index in [1.165, 1.54) is 6.07 Å². The summed E-state index contributed by atoms with van der Waals surface area (Å²) in [7, 11) is 0. The van der Waals surface area contributed by atoms with Gasteiger partial charge in [0.05, 0.1) is 0 Å². The third-order valence-electron chi connectivity index (χ3n) is 5.73. The Bertz CT molecular complexity index is 820. The zero-order valence-electron chi connectivity index (χ0n) is 15.8. The molecule has 0 saturated carbocycles. The molecule has 144 valence electrons. The molecule has 1 aromatic carbocycles. The van der Waals surface area contributed by atoms with E-state index in [1.54, 1.807) is 13.0 Å². The first-order valence-corrected chi connectivity index (χ1v) is 9.75. The van der Waals surface area contributed by atoms with E-state index in [9.17, 15) is 9.18 Å². The third-order valence-corrected chi connectivity index (χ3v) is 5.73. The molecular formula is C20H26FN5O. The third kappa shape index (κ3) is 3.88. The van der Waals surface area contributed by atoms with E-state index in [4.69, 9.17) is 0 Å². The molecule has 2 aliphatic rings. The monoisotopic (exact) mass is 371 g/mol. The minimum atomic E-state index is -0.145. The van der Waals surface area contributed by atoms with Crippen LogP contribution in [0.15, 0.2) is 24.3 Å². The molecule has 2 aromatic rings. The van der Waals surface area contributed by atoms with Crippen molar-refractivity contribution in [1.29, 1.82) is 0 Å². The molecule has 1 saturated heterocycles. The highest BCUT2D eigenvalue weighted by molar-refractivity contribution is 5.73. The predicted octanol–water partition coefficient (Wildman–Crippen LogP) is 2.20. The van der Waals surface area contributed by atoms with Crippen LogP contribution < -0.4 is 0 Å². The van der Waals surface area contributed by atoms with E-state index in [-0.39, 0.29) is 17.6 Å². The van der Waals surface area contributed by atoms with Crippen LogP contribution in [0.1, 0.15) is 42.9 Å². The van der Waals surface area contributed by atoms with Crippen molar-refractivity contribution in [2.24, 2.45) is 0 Å². The highest BCUT2D eigenvalue weighted by Gasteiger charge is 2.29. The van der Waals surface area contributed by atoms with Crippen molar-refractivity contribution < 1.29 is 9.18 Å². The SMILES string of the molecule is CC(=O)N1CCC[C@@H](c2nnc3n2CCN(Cc2ccccc2F)CC3)C1.